The average molecular weight is 799 g/mol. The fourth-order valence-electron chi connectivity index (χ4n) is 11.3. The van der Waals surface area contributed by atoms with E-state index in [1.807, 2.05) is 30.5 Å². The minimum atomic E-state index is -1.31. The lowest BCUT2D eigenvalue weighted by Gasteiger charge is -2.39. The molecule has 2 aromatic rings. The van der Waals surface area contributed by atoms with Crippen molar-refractivity contribution in [2.75, 3.05) is 6.54 Å². The van der Waals surface area contributed by atoms with E-state index in [0.29, 0.717) is 57.9 Å². The maximum Gasteiger partial charge on any atom is 0.247 e. The maximum atomic E-state index is 14.9. The Hall–Kier alpha value is -4.46. The Kier molecular flexibility index (Phi) is 11.8. The fourth-order valence-corrected chi connectivity index (χ4v) is 11.3. The van der Waals surface area contributed by atoms with E-state index in [2.05, 4.69) is 26.3 Å². The number of hydrogen-bond acceptors (Lipinski definition) is 7. The first kappa shape index (κ1) is 40.3. The highest BCUT2D eigenvalue weighted by atomic mass is 16.2. The van der Waals surface area contributed by atoms with Gasteiger partial charge in [-0.05, 0) is 81.8 Å². The molecule has 3 saturated heterocycles. The van der Waals surface area contributed by atoms with E-state index in [9.17, 15) is 28.8 Å². The van der Waals surface area contributed by atoms with Crippen LogP contribution in [0.2, 0.25) is 0 Å². The molecule has 4 heterocycles. The Morgan fingerprint density at radius 3 is 2.28 bits per heavy atom. The topological polar surface area (TPSA) is 199 Å². The molecule has 14 heteroatoms. The zero-order valence-corrected chi connectivity index (χ0v) is 33.9. The van der Waals surface area contributed by atoms with Crippen LogP contribution in [0.25, 0.3) is 10.9 Å². The molecule has 1 aromatic carbocycles. The van der Waals surface area contributed by atoms with Gasteiger partial charge in [-0.3, -0.25) is 28.8 Å². The molecule has 3 aliphatic carbocycles. The molecule has 0 bridgehead atoms. The summed E-state index contributed by atoms with van der Waals surface area (Å²) < 4.78 is 0. The Morgan fingerprint density at radius 2 is 1.50 bits per heavy atom. The number of amides is 6. The van der Waals surface area contributed by atoms with Crippen molar-refractivity contribution in [3.8, 4) is 0 Å². The highest BCUT2D eigenvalue weighted by Gasteiger charge is 2.52. The molecule has 6 amide bonds. The summed E-state index contributed by atoms with van der Waals surface area (Å²) in [6, 6.07) is 1.94. The summed E-state index contributed by atoms with van der Waals surface area (Å²) in [7, 11) is 0. The number of nitrogens with zero attached hydrogens (tertiary/aromatic N) is 2. The van der Waals surface area contributed by atoms with Gasteiger partial charge in [0, 0.05) is 42.1 Å². The first-order chi connectivity index (χ1) is 28.0. The fraction of sp³-hybridized carbons (Fsp3) is 0.682. The minimum absolute atomic E-state index is 0.107. The molecule has 58 heavy (non-hydrogen) atoms. The number of carbonyl (C=O) groups is 6. The van der Waals surface area contributed by atoms with Crippen molar-refractivity contribution in [2.24, 2.45) is 17.6 Å². The number of aromatic amines is 1. The second kappa shape index (κ2) is 17.0. The number of para-hydroxylation sites is 1. The minimum Gasteiger partial charge on any atom is -0.361 e. The van der Waals surface area contributed by atoms with Crippen LogP contribution in [-0.2, 0) is 35.2 Å². The third-order valence-corrected chi connectivity index (χ3v) is 14.5. The number of hydrogen-bond donors (Lipinski definition) is 6. The Bertz CT molecular complexity index is 1880. The van der Waals surface area contributed by atoms with Gasteiger partial charge in [0.2, 0.25) is 35.4 Å². The molecule has 8 atom stereocenters. The zero-order chi connectivity index (χ0) is 40.6. The normalized spacial score (nSPS) is 32.1. The molecule has 1 spiro atoms. The Labute approximate surface area is 340 Å². The third-order valence-electron chi connectivity index (χ3n) is 14.5. The van der Waals surface area contributed by atoms with E-state index in [1.165, 1.54) is 0 Å². The van der Waals surface area contributed by atoms with Crippen molar-refractivity contribution in [3.63, 3.8) is 0 Å². The van der Waals surface area contributed by atoms with Gasteiger partial charge in [-0.2, -0.15) is 0 Å². The standard InChI is InChI=1S/C44H62N8O6/c1-26(45)37-42(57)51-21-11-18-35(51)41(56)52-34-17-8-5-14-28(34)24-36(52)40(55)47-32(22-27-12-3-2-4-13-27)39(54)50-44(19-9-10-20-44)43(58)48-33(38(53)49-37)23-29-25-46-31-16-7-6-15-30(29)31/h6-7,15-16,25-28,32-37,46H,2-5,8-14,17-24,45H2,1H3,(H,47,55)(H,48,58)(H,49,53)(H,50,54)/t26?,28-,32-,33-,34-,35+,36-,37-/m0/s1. The number of carbonyl (C=O) groups excluding carboxylic acids is 6. The Balaban J connectivity index is 1.18. The van der Waals surface area contributed by atoms with E-state index in [-0.39, 0.29) is 36.1 Å². The second-order valence-electron chi connectivity index (χ2n) is 18.3. The molecule has 1 aromatic heterocycles. The van der Waals surface area contributed by atoms with E-state index in [1.54, 1.807) is 16.7 Å². The van der Waals surface area contributed by atoms with E-state index < -0.39 is 65.4 Å². The number of H-pyrrole nitrogens is 1. The van der Waals surface area contributed by atoms with Gasteiger partial charge in [0.15, 0.2) is 0 Å². The van der Waals surface area contributed by atoms with Crippen molar-refractivity contribution in [1.82, 2.24) is 36.1 Å². The van der Waals surface area contributed by atoms with Gasteiger partial charge in [0.05, 0.1) is 0 Å². The Morgan fingerprint density at radius 1 is 0.759 bits per heavy atom. The number of benzene rings is 1. The number of rotatable bonds is 5. The lowest BCUT2D eigenvalue weighted by Crippen LogP contribution is -2.66. The van der Waals surface area contributed by atoms with Gasteiger partial charge >= 0.3 is 0 Å². The lowest BCUT2D eigenvalue weighted by molar-refractivity contribution is -0.150. The van der Waals surface area contributed by atoms with E-state index in [0.717, 1.165) is 74.3 Å². The summed E-state index contributed by atoms with van der Waals surface area (Å²) in [6.45, 7) is 1.96. The van der Waals surface area contributed by atoms with Gasteiger partial charge < -0.3 is 41.8 Å². The second-order valence-corrected chi connectivity index (χ2v) is 18.3. The van der Waals surface area contributed by atoms with Crippen molar-refractivity contribution < 1.29 is 28.8 Å². The third kappa shape index (κ3) is 7.97. The van der Waals surface area contributed by atoms with Gasteiger partial charge in [-0.25, -0.2) is 0 Å². The van der Waals surface area contributed by atoms with Crippen LogP contribution < -0.4 is 27.0 Å². The van der Waals surface area contributed by atoms with Crippen LogP contribution in [0.15, 0.2) is 30.5 Å². The molecular weight excluding hydrogens is 737 g/mol. The van der Waals surface area contributed by atoms with E-state index >= 15 is 0 Å². The highest BCUT2D eigenvalue weighted by Crippen LogP contribution is 2.41. The number of nitrogens with one attached hydrogen (secondary N) is 5. The molecule has 314 valence electrons. The van der Waals surface area contributed by atoms with Gasteiger partial charge in [-0.1, -0.05) is 76.0 Å². The molecule has 7 N–H and O–H groups in total. The molecule has 6 aliphatic rings. The van der Waals surface area contributed by atoms with Crippen LogP contribution in [0.3, 0.4) is 0 Å². The molecule has 0 radical (unpaired) electrons. The van der Waals surface area contributed by atoms with Crippen LogP contribution in [-0.4, -0.2) is 105 Å². The summed E-state index contributed by atoms with van der Waals surface area (Å²) in [5.74, 6) is -2.13. The molecule has 6 fully saturated rings. The first-order valence-electron chi connectivity index (χ1n) is 22.2. The molecule has 3 aliphatic heterocycles. The molecule has 3 saturated carbocycles. The summed E-state index contributed by atoms with van der Waals surface area (Å²) in [6.07, 6.45) is 14.9. The summed E-state index contributed by atoms with van der Waals surface area (Å²) in [5.41, 5.74) is 6.84. The molecule has 1 unspecified atom stereocenters. The van der Waals surface area contributed by atoms with Crippen LogP contribution in [0, 0.1) is 11.8 Å². The number of aromatic nitrogens is 1. The van der Waals surface area contributed by atoms with Crippen LogP contribution in [0.1, 0.15) is 122 Å². The van der Waals surface area contributed by atoms with Gasteiger partial charge in [0.25, 0.3) is 0 Å². The van der Waals surface area contributed by atoms with Gasteiger partial charge in [-0.15, -0.1) is 0 Å². The summed E-state index contributed by atoms with van der Waals surface area (Å²) >= 11 is 0. The molecular formula is C44H62N8O6. The predicted molar refractivity (Wildman–Crippen MR) is 218 cm³/mol. The summed E-state index contributed by atoms with van der Waals surface area (Å²) in [5, 5.41) is 13.1. The van der Waals surface area contributed by atoms with Crippen LogP contribution in [0.4, 0.5) is 0 Å². The van der Waals surface area contributed by atoms with E-state index in [4.69, 9.17) is 5.73 Å². The lowest BCUT2D eigenvalue weighted by atomic mass is 9.84. The van der Waals surface area contributed by atoms with Crippen molar-refractivity contribution in [3.05, 3.63) is 36.0 Å². The van der Waals surface area contributed by atoms with Crippen molar-refractivity contribution in [2.45, 2.75) is 170 Å². The smallest absolute Gasteiger partial charge is 0.247 e. The largest absolute Gasteiger partial charge is 0.361 e. The SMILES string of the molecule is CC(N)[C@@H]1NC(=O)[C@H](Cc2c[nH]c3ccccc23)NC(=O)C2(CCCC2)NC(=O)[C@H](CC2CCCCC2)NC(=O)[C@@H]2C[C@@H]3CCCC[C@@H]3N2C(=O)[C@H]2CCCN2C1=O. The average Bonchev–Trinajstić information content (AvgIpc) is 4.05. The molecule has 14 nitrogen and oxygen atoms in total. The zero-order valence-electron chi connectivity index (χ0n) is 33.9. The quantitative estimate of drug-likeness (QED) is 0.267. The highest BCUT2D eigenvalue weighted by molar-refractivity contribution is 6.00. The maximum absolute atomic E-state index is 14.9. The number of nitrogens with two attached hydrogens (primary N) is 1. The monoisotopic (exact) mass is 798 g/mol. The summed E-state index contributed by atoms with van der Waals surface area (Å²) in [4.78, 5) is 94.6. The van der Waals surface area contributed by atoms with Crippen LogP contribution >= 0.6 is 0 Å². The van der Waals surface area contributed by atoms with Gasteiger partial charge in [0.1, 0.15) is 35.7 Å². The predicted octanol–water partition coefficient (Wildman–Crippen LogP) is 3.08. The molecule has 8 rings (SSSR count). The first-order valence-corrected chi connectivity index (χ1v) is 22.2. The van der Waals surface area contributed by atoms with Crippen LogP contribution in [0.5, 0.6) is 0 Å². The number of fused-ring (bicyclic) bond motifs is 5. The van der Waals surface area contributed by atoms with Crippen molar-refractivity contribution in [1.29, 1.82) is 0 Å². The van der Waals surface area contributed by atoms with Crippen molar-refractivity contribution >= 4 is 46.3 Å².